The molecule has 0 amide bonds. The predicted molar refractivity (Wildman–Crippen MR) is 93.0 cm³/mol. The van der Waals surface area contributed by atoms with Crippen molar-refractivity contribution in [3.8, 4) is 23.3 Å². The fourth-order valence-corrected chi connectivity index (χ4v) is 2.70. The molecule has 0 saturated carbocycles. The van der Waals surface area contributed by atoms with E-state index in [0.29, 0.717) is 24.6 Å². The standard InChI is InChI=1S/C19H15N3O3/c20-11-13-9-17(15-3-1-2-4-16(15)22-13)21-7-8-23-14-5-6-18-19(10-14)25-12-24-18/h1-6,9-10H,7-8,12H2,(H,21,22). The highest BCUT2D eigenvalue weighted by atomic mass is 16.7. The van der Waals surface area contributed by atoms with Crippen molar-refractivity contribution in [2.24, 2.45) is 0 Å². The van der Waals surface area contributed by atoms with E-state index >= 15 is 0 Å². The fraction of sp³-hybridized carbons (Fsp3) is 0.158. The first-order valence-corrected chi connectivity index (χ1v) is 7.90. The fourth-order valence-electron chi connectivity index (χ4n) is 2.70. The van der Waals surface area contributed by atoms with Crippen LogP contribution in [0.25, 0.3) is 10.9 Å². The Morgan fingerprint density at radius 2 is 2.00 bits per heavy atom. The SMILES string of the molecule is N#Cc1cc(NCCOc2ccc3c(c2)OCO3)c2ccccc2n1. The molecule has 2 aromatic carbocycles. The van der Waals surface area contributed by atoms with E-state index in [4.69, 9.17) is 19.5 Å². The first kappa shape index (κ1) is 15.1. The number of hydrogen-bond acceptors (Lipinski definition) is 6. The van der Waals surface area contributed by atoms with Crippen LogP contribution in [0.15, 0.2) is 48.5 Å². The van der Waals surface area contributed by atoms with Gasteiger partial charge < -0.3 is 19.5 Å². The minimum Gasteiger partial charge on any atom is -0.492 e. The lowest BCUT2D eigenvalue weighted by molar-refractivity contribution is 0.174. The summed E-state index contributed by atoms with van der Waals surface area (Å²) < 4.78 is 16.4. The largest absolute Gasteiger partial charge is 0.492 e. The maximum Gasteiger partial charge on any atom is 0.231 e. The quantitative estimate of drug-likeness (QED) is 0.722. The summed E-state index contributed by atoms with van der Waals surface area (Å²) >= 11 is 0. The number of para-hydroxylation sites is 1. The van der Waals surface area contributed by atoms with Crippen molar-refractivity contribution in [2.45, 2.75) is 0 Å². The minimum atomic E-state index is 0.247. The molecule has 1 aliphatic rings. The van der Waals surface area contributed by atoms with Crippen LogP contribution in [0.3, 0.4) is 0 Å². The van der Waals surface area contributed by atoms with E-state index in [0.717, 1.165) is 28.1 Å². The van der Waals surface area contributed by atoms with E-state index in [1.807, 2.05) is 42.5 Å². The first-order chi connectivity index (χ1) is 12.3. The molecule has 4 rings (SSSR count). The highest BCUT2D eigenvalue weighted by Gasteiger charge is 2.13. The Hall–Kier alpha value is -3.46. The van der Waals surface area contributed by atoms with Crippen LogP contribution in [-0.4, -0.2) is 24.9 Å². The summed E-state index contributed by atoms with van der Waals surface area (Å²) in [4.78, 5) is 4.31. The number of rotatable bonds is 5. The Balaban J connectivity index is 1.42. The molecule has 6 heteroatoms. The maximum atomic E-state index is 9.13. The van der Waals surface area contributed by atoms with Crippen LogP contribution in [0.5, 0.6) is 17.2 Å². The van der Waals surface area contributed by atoms with E-state index in [1.165, 1.54) is 0 Å². The molecular weight excluding hydrogens is 318 g/mol. The van der Waals surface area contributed by atoms with Crippen LogP contribution in [0.4, 0.5) is 5.69 Å². The van der Waals surface area contributed by atoms with Crippen LogP contribution >= 0.6 is 0 Å². The number of fused-ring (bicyclic) bond motifs is 2. The number of pyridine rings is 1. The van der Waals surface area contributed by atoms with Gasteiger partial charge in [-0.25, -0.2) is 4.98 Å². The lowest BCUT2D eigenvalue weighted by atomic mass is 10.1. The second-order valence-electron chi connectivity index (χ2n) is 5.47. The summed E-state index contributed by atoms with van der Waals surface area (Å²) in [7, 11) is 0. The van der Waals surface area contributed by atoms with Crippen LogP contribution in [-0.2, 0) is 0 Å². The molecule has 0 bridgehead atoms. The Morgan fingerprint density at radius 1 is 1.12 bits per heavy atom. The Kier molecular flexibility index (Phi) is 3.97. The van der Waals surface area contributed by atoms with Gasteiger partial charge in [-0.05, 0) is 24.3 Å². The van der Waals surface area contributed by atoms with E-state index in [9.17, 15) is 0 Å². The van der Waals surface area contributed by atoms with Crippen molar-refractivity contribution in [2.75, 3.05) is 25.3 Å². The van der Waals surface area contributed by atoms with Gasteiger partial charge in [0.1, 0.15) is 24.1 Å². The molecule has 124 valence electrons. The highest BCUT2D eigenvalue weighted by Crippen LogP contribution is 2.35. The van der Waals surface area contributed by atoms with Gasteiger partial charge in [-0.3, -0.25) is 0 Å². The number of ether oxygens (including phenoxy) is 3. The predicted octanol–water partition coefficient (Wildman–Crippen LogP) is 3.33. The number of anilines is 1. The zero-order valence-electron chi connectivity index (χ0n) is 13.4. The summed E-state index contributed by atoms with van der Waals surface area (Å²) in [5.74, 6) is 2.16. The van der Waals surface area contributed by atoms with Crippen molar-refractivity contribution in [1.29, 1.82) is 5.26 Å². The molecule has 1 aromatic heterocycles. The number of nitrogens with zero attached hydrogens (tertiary/aromatic N) is 2. The van der Waals surface area contributed by atoms with Crippen LogP contribution in [0, 0.1) is 11.3 Å². The molecule has 0 radical (unpaired) electrons. The first-order valence-electron chi connectivity index (χ1n) is 7.90. The highest BCUT2D eigenvalue weighted by molar-refractivity contribution is 5.91. The molecule has 2 heterocycles. The van der Waals surface area contributed by atoms with Crippen LogP contribution < -0.4 is 19.5 Å². The summed E-state index contributed by atoms with van der Waals surface area (Å²) in [6.07, 6.45) is 0. The molecular formula is C19H15N3O3. The Bertz CT molecular complexity index is 966. The van der Waals surface area contributed by atoms with Gasteiger partial charge in [-0.15, -0.1) is 0 Å². The second-order valence-corrected chi connectivity index (χ2v) is 5.47. The van der Waals surface area contributed by atoms with Crippen molar-refractivity contribution in [1.82, 2.24) is 4.98 Å². The van der Waals surface area contributed by atoms with Gasteiger partial charge in [0, 0.05) is 23.7 Å². The third-order valence-corrected chi connectivity index (χ3v) is 3.86. The van der Waals surface area contributed by atoms with E-state index in [2.05, 4.69) is 16.4 Å². The van der Waals surface area contributed by atoms with E-state index in [-0.39, 0.29) is 6.79 Å². The zero-order valence-corrected chi connectivity index (χ0v) is 13.4. The zero-order chi connectivity index (χ0) is 17.1. The summed E-state index contributed by atoms with van der Waals surface area (Å²) in [6, 6.07) is 17.1. The molecule has 1 N–H and O–H groups in total. The van der Waals surface area contributed by atoms with Crippen LogP contribution in [0.1, 0.15) is 5.69 Å². The molecule has 6 nitrogen and oxygen atoms in total. The second kappa shape index (κ2) is 6.57. The Morgan fingerprint density at radius 3 is 2.92 bits per heavy atom. The molecule has 0 fully saturated rings. The summed E-state index contributed by atoms with van der Waals surface area (Å²) in [5.41, 5.74) is 2.05. The van der Waals surface area contributed by atoms with Gasteiger partial charge >= 0.3 is 0 Å². The number of benzene rings is 2. The van der Waals surface area contributed by atoms with Gasteiger partial charge in [0.2, 0.25) is 6.79 Å². The molecule has 25 heavy (non-hydrogen) atoms. The van der Waals surface area contributed by atoms with E-state index < -0.39 is 0 Å². The van der Waals surface area contributed by atoms with Gasteiger partial charge in [-0.2, -0.15) is 5.26 Å². The molecule has 0 atom stereocenters. The average Bonchev–Trinajstić information content (AvgIpc) is 3.12. The number of aromatic nitrogens is 1. The number of hydrogen-bond donors (Lipinski definition) is 1. The number of nitrogens with one attached hydrogen (secondary N) is 1. The Labute approximate surface area is 144 Å². The van der Waals surface area contributed by atoms with Crippen molar-refractivity contribution < 1.29 is 14.2 Å². The monoisotopic (exact) mass is 333 g/mol. The van der Waals surface area contributed by atoms with Crippen LogP contribution in [0.2, 0.25) is 0 Å². The van der Waals surface area contributed by atoms with Crippen molar-refractivity contribution in [3.05, 3.63) is 54.2 Å². The maximum absolute atomic E-state index is 9.13. The summed E-state index contributed by atoms with van der Waals surface area (Å²) in [6.45, 7) is 1.31. The lowest BCUT2D eigenvalue weighted by Gasteiger charge is -2.11. The average molecular weight is 333 g/mol. The van der Waals surface area contributed by atoms with Crippen molar-refractivity contribution in [3.63, 3.8) is 0 Å². The topological polar surface area (TPSA) is 76.4 Å². The molecule has 0 saturated heterocycles. The van der Waals surface area contributed by atoms with Gasteiger partial charge in [0.05, 0.1) is 5.52 Å². The smallest absolute Gasteiger partial charge is 0.231 e. The molecule has 0 aliphatic carbocycles. The van der Waals surface area contributed by atoms with E-state index in [1.54, 1.807) is 6.07 Å². The van der Waals surface area contributed by atoms with Gasteiger partial charge in [0.15, 0.2) is 11.5 Å². The lowest BCUT2D eigenvalue weighted by Crippen LogP contribution is -2.12. The minimum absolute atomic E-state index is 0.247. The molecule has 0 unspecified atom stereocenters. The normalized spacial score (nSPS) is 12.0. The van der Waals surface area contributed by atoms with Gasteiger partial charge in [-0.1, -0.05) is 18.2 Å². The molecule has 1 aliphatic heterocycles. The summed E-state index contributed by atoms with van der Waals surface area (Å²) in [5, 5.41) is 13.4. The number of nitriles is 1. The molecule has 0 spiro atoms. The molecule has 3 aromatic rings. The third kappa shape index (κ3) is 3.12. The van der Waals surface area contributed by atoms with Crippen molar-refractivity contribution >= 4 is 16.6 Å². The third-order valence-electron chi connectivity index (χ3n) is 3.86. The van der Waals surface area contributed by atoms with Gasteiger partial charge in [0.25, 0.3) is 0 Å².